The number of carbonyl (C=O) groups excluding carboxylic acids is 1. The average Bonchev–Trinajstić information content (AvgIpc) is 3.08. The number of aromatic nitrogens is 2. The van der Waals surface area contributed by atoms with Crippen LogP contribution < -0.4 is 5.32 Å². The number of fused-ring (bicyclic) bond motifs is 1. The largest absolute Gasteiger partial charge is 0.322 e. The molecular weight excluding hydrogens is 329 g/mol. The Labute approximate surface area is 149 Å². The molecule has 0 radical (unpaired) electrons. The van der Waals surface area contributed by atoms with Gasteiger partial charge in [0.25, 0.3) is 5.91 Å². The molecule has 0 bridgehead atoms. The van der Waals surface area contributed by atoms with Gasteiger partial charge in [-0.2, -0.15) is 0 Å². The van der Waals surface area contributed by atoms with Crippen LogP contribution in [0.2, 0.25) is 0 Å². The lowest BCUT2D eigenvalue weighted by Crippen LogP contribution is -2.13. The van der Waals surface area contributed by atoms with E-state index < -0.39 is 11.7 Å². The molecule has 0 aliphatic carbocycles. The third kappa shape index (κ3) is 2.95. The van der Waals surface area contributed by atoms with E-state index in [4.69, 9.17) is 0 Å². The van der Waals surface area contributed by atoms with Crippen molar-refractivity contribution in [3.63, 3.8) is 0 Å². The predicted molar refractivity (Wildman–Crippen MR) is 99.7 cm³/mol. The number of aryl methyl sites for hydroxylation is 1. The quantitative estimate of drug-likeness (QED) is 0.585. The molecule has 0 aliphatic heterocycles. The summed E-state index contributed by atoms with van der Waals surface area (Å²) in [6.07, 6.45) is 3.89. The molecule has 1 amide bonds. The molecule has 2 heterocycles. The summed E-state index contributed by atoms with van der Waals surface area (Å²) in [6.45, 7) is 2.01. The summed E-state index contributed by atoms with van der Waals surface area (Å²) in [7, 11) is 0. The maximum absolute atomic E-state index is 13.8. The smallest absolute Gasteiger partial charge is 0.258 e. The van der Waals surface area contributed by atoms with Crippen LogP contribution in [0.15, 0.2) is 73.1 Å². The maximum Gasteiger partial charge on any atom is 0.258 e. The van der Waals surface area contributed by atoms with E-state index >= 15 is 0 Å². The Hall–Kier alpha value is -3.47. The highest BCUT2D eigenvalue weighted by atomic mass is 19.1. The number of nitrogens with zero attached hydrogens (tertiary/aromatic N) is 2. The molecule has 4 rings (SSSR count). The van der Waals surface area contributed by atoms with E-state index in [0.717, 1.165) is 22.5 Å². The first-order chi connectivity index (χ1) is 12.6. The third-order valence-corrected chi connectivity index (χ3v) is 4.21. The molecule has 4 aromatic rings. The van der Waals surface area contributed by atoms with E-state index in [1.165, 1.54) is 12.1 Å². The second-order valence-corrected chi connectivity index (χ2v) is 6.06. The number of imidazole rings is 1. The third-order valence-electron chi connectivity index (χ3n) is 4.21. The van der Waals surface area contributed by atoms with Gasteiger partial charge in [0.1, 0.15) is 11.5 Å². The fraction of sp³-hybridized carbons (Fsp3) is 0.0476. The fourth-order valence-electron chi connectivity index (χ4n) is 2.89. The average molecular weight is 345 g/mol. The maximum atomic E-state index is 13.8. The molecule has 0 spiro atoms. The van der Waals surface area contributed by atoms with Gasteiger partial charge in [0, 0.05) is 23.6 Å². The van der Waals surface area contributed by atoms with E-state index in [1.54, 1.807) is 18.2 Å². The summed E-state index contributed by atoms with van der Waals surface area (Å²) < 4.78 is 15.7. The molecule has 4 nitrogen and oxygen atoms in total. The molecule has 0 aliphatic rings. The van der Waals surface area contributed by atoms with Gasteiger partial charge >= 0.3 is 0 Å². The first kappa shape index (κ1) is 16.0. The highest BCUT2D eigenvalue weighted by molar-refractivity contribution is 6.04. The first-order valence-electron chi connectivity index (χ1n) is 8.22. The Morgan fingerprint density at radius 1 is 1.08 bits per heavy atom. The Balaban J connectivity index is 1.65. The van der Waals surface area contributed by atoms with Crippen LogP contribution >= 0.6 is 0 Å². The van der Waals surface area contributed by atoms with Gasteiger partial charge in [0.15, 0.2) is 0 Å². The minimum Gasteiger partial charge on any atom is -0.322 e. The Morgan fingerprint density at radius 3 is 2.73 bits per heavy atom. The molecule has 26 heavy (non-hydrogen) atoms. The van der Waals surface area contributed by atoms with Crippen LogP contribution in [-0.2, 0) is 0 Å². The van der Waals surface area contributed by atoms with Crippen LogP contribution in [0.4, 0.5) is 10.1 Å². The normalized spacial score (nSPS) is 10.8. The van der Waals surface area contributed by atoms with Gasteiger partial charge < -0.3 is 9.72 Å². The van der Waals surface area contributed by atoms with Gasteiger partial charge in [0.05, 0.1) is 11.3 Å². The number of hydrogen-bond acceptors (Lipinski definition) is 2. The second-order valence-electron chi connectivity index (χ2n) is 6.06. The molecule has 0 saturated carbocycles. The SMILES string of the molecule is Cc1cccn2cc(-c3cccc(NC(=O)c4ccccc4F)c3)nc12. The van der Waals surface area contributed by atoms with Crippen molar-refractivity contribution in [2.45, 2.75) is 6.92 Å². The zero-order valence-electron chi connectivity index (χ0n) is 14.1. The Kier molecular flexibility index (Phi) is 3.97. The minimum atomic E-state index is -0.544. The monoisotopic (exact) mass is 345 g/mol. The molecule has 1 N–H and O–H groups in total. The fourth-order valence-corrected chi connectivity index (χ4v) is 2.89. The first-order valence-corrected chi connectivity index (χ1v) is 8.22. The zero-order chi connectivity index (χ0) is 18.1. The molecule has 0 fully saturated rings. The predicted octanol–water partition coefficient (Wildman–Crippen LogP) is 4.70. The van der Waals surface area contributed by atoms with E-state index in [2.05, 4.69) is 10.3 Å². The Bertz CT molecular complexity index is 1120. The van der Waals surface area contributed by atoms with E-state index in [9.17, 15) is 9.18 Å². The molecule has 0 unspecified atom stereocenters. The number of nitrogens with one attached hydrogen (secondary N) is 1. The van der Waals surface area contributed by atoms with Gasteiger partial charge in [-0.15, -0.1) is 0 Å². The molecule has 2 aromatic carbocycles. The van der Waals surface area contributed by atoms with Crippen molar-refractivity contribution < 1.29 is 9.18 Å². The molecule has 5 heteroatoms. The van der Waals surface area contributed by atoms with Crippen LogP contribution in [0.1, 0.15) is 15.9 Å². The number of pyridine rings is 1. The zero-order valence-corrected chi connectivity index (χ0v) is 14.1. The number of halogens is 1. The molecule has 0 saturated heterocycles. The summed E-state index contributed by atoms with van der Waals surface area (Å²) in [4.78, 5) is 17.0. The molecular formula is C21H16FN3O. The van der Waals surface area contributed by atoms with Crippen molar-refractivity contribution in [3.8, 4) is 11.3 Å². The summed E-state index contributed by atoms with van der Waals surface area (Å²) in [6, 6.07) is 17.3. The van der Waals surface area contributed by atoms with E-state index in [1.807, 2.05) is 54.0 Å². The van der Waals surface area contributed by atoms with Crippen LogP contribution in [0.25, 0.3) is 16.9 Å². The molecule has 2 aromatic heterocycles. The van der Waals surface area contributed by atoms with Crippen LogP contribution in [0, 0.1) is 12.7 Å². The number of hydrogen-bond donors (Lipinski definition) is 1. The lowest BCUT2D eigenvalue weighted by molar-refractivity contribution is 0.102. The van der Waals surface area contributed by atoms with E-state index in [0.29, 0.717) is 5.69 Å². The number of anilines is 1. The van der Waals surface area contributed by atoms with Crippen LogP contribution in [0.5, 0.6) is 0 Å². The summed E-state index contributed by atoms with van der Waals surface area (Å²) in [5.74, 6) is -1.02. The van der Waals surface area contributed by atoms with Gasteiger partial charge in [-0.05, 0) is 42.8 Å². The van der Waals surface area contributed by atoms with Gasteiger partial charge in [0.2, 0.25) is 0 Å². The summed E-state index contributed by atoms with van der Waals surface area (Å²) >= 11 is 0. The van der Waals surface area contributed by atoms with Crippen molar-refractivity contribution in [2.24, 2.45) is 0 Å². The van der Waals surface area contributed by atoms with Gasteiger partial charge in [-0.1, -0.05) is 30.3 Å². The van der Waals surface area contributed by atoms with Crippen molar-refractivity contribution in [3.05, 3.63) is 90.0 Å². The second kappa shape index (κ2) is 6.44. The molecule has 128 valence electrons. The summed E-state index contributed by atoms with van der Waals surface area (Å²) in [5.41, 5.74) is 4.26. The number of benzene rings is 2. The van der Waals surface area contributed by atoms with Gasteiger partial charge in [-0.25, -0.2) is 9.37 Å². The van der Waals surface area contributed by atoms with Crippen molar-refractivity contribution in [2.75, 3.05) is 5.32 Å². The topological polar surface area (TPSA) is 46.4 Å². The highest BCUT2D eigenvalue weighted by Crippen LogP contribution is 2.24. The number of rotatable bonds is 3. The Morgan fingerprint density at radius 2 is 1.92 bits per heavy atom. The number of carbonyl (C=O) groups is 1. The van der Waals surface area contributed by atoms with Crippen molar-refractivity contribution in [1.29, 1.82) is 0 Å². The standard InChI is InChI=1S/C21H16FN3O/c1-14-6-5-11-25-13-19(24-20(14)25)15-7-4-8-16(12-15)23-21(26)17-9-2-3-10-18(17)22/h2-13H,1H3,(H,23,26). The van der Waals surface area contributed by atoms with Crippen molar-refractivity contribution in [1.82, 2.24) is 9.38 Å². The summed E-state index contributed by atoms with van der Waals surface area (Å²) in [5, 5.41) is 2.74. The van der Waals surface area contributed by atoms with Crippen molar-refractivity contribution >= 4 is 17.2 Å². The number of amides is 1. The van der Waals surface area contributed by atoms with Crippen LogP contribution in [0.3, 0.4) is 0 Å². The van der Waals surface area contributed by atoms with Gasteiger partial charge in [-0.3, -0.25) is 4.79 Å². The van der Waals surface area contributed by atoms with Crippen LogP contribution in [-0.4, -0.2) is 15.3 Å². The lowest BCUT2D eigenvalue weighted by atomic mass is 10.1. The minimum absolute atomic E-state index is 0.0151. The molecule has 0 atom stereocenters. The highest BCUT2D eigenvalue weighted by Gasteiger charge is 2.12. The lowest BCUT2D eigenvalue weighted by Gasteiger charge is -2.07. The van der Waals surface area contributed by atoms with E-state index in [-0.39, 0.29) is 5.56 Å².